The molecule has 0 aliphatic carbocycles. The van der Waals surface area contributed by atoms with Crippen molar-refractivity contribution in [3.63, 3.8) is 0 Å². The van der Waals surface area contributed by atoms with Crippen molar-refractivity contribution in [2.24, 2.45) is 15.8 Å². The van der Waals surface area contributed by atoms with Crippen LogP contribution in [0.3, 0.4) is 0 Å². The summed E-state index contributed by atoms with van der Waals surface area (Å²) in [6.07, 6.45) is 5.50. The predicted molar refractivity (Wildman–Crippen MR) is 151 cm³/mol. The lowest BCUT2D eigenvalue weighted by atomic mass is 10.8. The normalized spacial score (nSPS) is 8.67. The van der Waals surface area contributed by atoms with E-state index in [0.29, 0.717) is 6.54 Å². The van der Waals surface area contributed by atoms with Gasteiger partial charge in [-0.05, 0) is 18.8 Å². The number of nitrogens with two attached hydrogens (primary N) is 1. The van der Waals surface area contributed by atoms with Crippen LogP contribution in [0.2, 0.25) is 0 Å². The smallest absolute Gasteiger partial charge is 0.228 e. The van der Waals surface area contributed by atoms with E-state index >= 15 is 0 Å². The highest BCUT2D eigenvalue weighted by atomic mass is 35.5. The van der Waals surface area contributed by atoms with Gasteiger partial charge >= 0.3 is 0 Å². The van der Waals surface area contributed by atoms with E-state index in [1.54, 1.807) is 18.0 Å². The van der Waals surface area contributed by atoms with Gasteiger partial charge in [0.25, 0.3) is 0 Å². The zero-order chi connectivity index (χ0) is 17.6. The zero-order valence-corrected chi connectivity index (χ0v) is 19.8. The topological polar surface area (TPSA) is 71.5 Å². The van der Waals surface area contributed by atoms with Crippen LogP contribution >= 0.6 is 86.4 Å². The Morgan fingerprint density at radius 1 is 1.30 bits per heavy atom. The first-order valence-electron chi connectivity index (χ1n) is 5.77. The fraction of sp³-hybridized carbons (Fsp3) is 0.714. The van der Waals surface area contributed by atoms with Crippen LogP contribution in [0.5, 0.6) is 0 Å². The molecule has 0 bridgehead atoms. The molecule has 27 heavy (non-hydrogen) atoms. The van der Waals surface area contributed by atoms with Gasteiger partial charge in [0.15, 0.2) is 0 Å². The molecular formula is C14H37ClN6S6. The molecule has 0 unspecified atom stereocenters. The van der Waals surface area contributed by atoms with Crippen LogP contribution in [0, 0.1) is 13.1 Å². The molecule has 1 rings (SSSR count). The van der Waals surface area contributed by atoms with Crippen LogP contribution in [-0.2, 0) is 0 Å². The number of hydrogen-bond acceptors (Lipinski definition) is 9. The highest BCUT2D eigenvalue weighted by Gasteiger charge is 2.06. The molecule has 13 heteroatoms. The average Bonchev–Trinajstić information content (AvgIpc) is 3.09. The van der Waals surface area contributed by atoms with E-state index in [1.807, 2.05) is 12.5 Å². The van der Waals surface area contributed by atoms with Crippen LogP contribution in [0.4, 0.5) is 0 Å². The quantitative estimate of drug-likeness (QED) is 0.125. The Labute approximate surface area is 204 Å². The van der Waals surface area contributed by atoms with Crippen molar-refractivity contribution < 1.29 is 0 Å². The van der Waals surface area contributed by atoms with Gasteiger partial charge in [-0.25, -0.2) is 0 Å². The molecule has 0 aromatic heterocycles. The number of halogens is 1. The maximum Gasteiger partial charge on any atom is 0.228 e. The molecule has 0 atom stereocenters. The first kappa shape index (κ1) is 50.8. The molecule has 1 heterocycles. The number of rotatable bonds is 1. The van der Waals surface area contributed by atoms with Crippen LogP contribution in [0.15, 0.2) is 10.1 Å². The van der Waals surface area contributed by atoms with E-state index in [2.05, 4.69) is 50.7 Å². The summed E-state index contributed by atoms with van der Waals surface area (Å²) < 4.78 is 0.819. The van der Waals surface area contributed by atoms with Gasteiger partial charge in [0.05, 0.1) is 6.54 Å². The second-order valence-corrected chi connectivity index (χ2v) is 6.02. The SMILES string of the molecule is C.C.C.CS.Cl.NCCS.S.[C-]#[N+]N=C(SC)SC.[C-]#[N+]NC1=NCCS1. The van der Waals surface area contributed by atoms with Gasteiger partial charge in [-0.15, -0.1) is 17.4 Å². The molecule has 6 nitrogen and oxygen atoms in total. The second-order valence-electron chi connectivity index (χ2n) is 2.65. The Hall–Kier alpha value is 0.470. The summed E-state index contributed by atoms with van der Waals surface area (Å²) >= 11 is 11.9. The Morgan fingerprint density at radius 2 is 1.74 bits per heavy atom. The highest BCUT2D eigenvalue weighted by molar-refractivity contribution is 8.38. The molecule has 0 aromatic rings. The fourth-order valence-corrected chi connectivity index (χ4v) is 2.24. The predicted octanol–water partition coefficient (Wildman–Crippen LogP) is 5.28. The Balaban J connectivity index is -0.0000000304. The summed E-state index contributed by atoms with van der Waals surface area (Å²) in [4.78, 5) is 9.82. The van der Waals surface area contributed by atoms with Crippen LogP contribution in [-0.4, -0.2) is 52.9 Å². The van der Waals surface area contributed by atoms with Gasteiger partial charge in [0, 0.05) is 18.1 Å². The van der Waals surface area contributed by atoms with E-state index in [0.717, 1.165) is 27.6 Å². The minimum absolute atomic E-state index is 0. The number of hydrogen-bond donors (Lipinski definition) is 4. The zero-order valence-electron chi connectivity index (χ0n) is 13.7. The number of nitrogens with one attached hydrogen (secondary N) is 1. The molecule has 0 saturated heterocycles. The van der Waals surface area contributed by atoms with Crippen LogP contribution < -0.4 is 11.2 Å². The Kier molecular flexibility index (Phi) is 94.7. The van der Waals surface area contributed by atoms with Gasteiger partial charge in [-0.3, -0.25) is 4.99 Å². The summed E-state index contributed by atoms with van der Waals surface area (Å²) in [5.74, 6) is 1.80. The van der Waals surface area contributed by atoms with E-state index in [4.69, 9.17) is 18.9 Å². The van der Waals surface area contributed by atoms with Crippen molar-refractivity contribution in [2.45, 2.75) is 22.3 Å². The minimum atomic E-state index is 0. The summed E-state index contributed by atoms with van der Waals surface area (Å²) in [6.45, 7) is 14.3. The third-order valence-electron chi connectivity index (χ3n) is 1.35. The molecule has 1 aliphatic rings. The van der Waals surface area contributed by atoms with Gasteiger partial charge in [0.1, 0.15) is 5.10 Å². The number of thiol groups is 2. The highest BCUT2D eigenvalue weighted by Crippen LogP contribution is 2.10. The van der Waals surface area contributed by atoms with Crippen molar-refractivity contribution in [2.75, 3.05) is 43.4 Å². The summed E-state index contributed by atoms with van der Waals surface area (Å²) in [6, 6.07) is 0. The lowest BCUT2D eigenvalue weighted by Crippen LogP contribution is -2.07. The standard InChI is InChI=1S/C4H5N3S.C4H6N2S2.C2H7NS.CH4S.3CH4.ClH.H2S/c1-5-7-4-6-2-3-8-4;1-5-6-4(7-2)8-3;3-1-2-4;1-2;;;;;/h2-3H2,(H,6,7);2-3H3;4H,1-3H2;2H,1H3;3*1H4;1H;1H2. The molecule has 0 saturated carbocycles. The van der Waals surface area contributed by atoms with Crippen LogP contribution in [0.1, 0.15) is 22.3 Å². The third kappa shape index (κ3) is 46.5. The molecule has 0 aromatic carbocycles. The largest absolute Gasteiger partial charge is 0.330 e. The van der Waals surface area contributed by atoms with Gasteiger partial charge in [-0.1, -0.05) is 63.0 Å². The maximum atomic E-state index is 6.39. The van der Waals surface area contributed by atoms with Crippen molar-refractivity contribution in [1.29, 1.82) is 0 Å². The van der Waals surface area contributed by atoms with Gasteiger partial charge < -0.3 is 5.73 Å². The average molecular weight is 517 g/mol. The van der Waals surface area contributed by atoms with E-state index in [1.165, 1.54) is 23.5 Å². The molecule has 0 spiro atoms. The Morgan fingerprint density at radius 3 is 1.93 bits per heavy atom. The molecule has 166 valence electrons. The number of thioether (sulfide) groups is 3. The van der Waals surface area contributed by atoms with Crippen molar-refractivity contribution in [1.82, 2.24) is 5.43 Å². The first-order valence-corrected chi connectivity index (χ1v) is 10.7. The van der Waals surface area contributed by atoms with E-state index in [9.17, 15) is 0 Å². The lowest BCUT2D eigenvalue weighted by molar-refractivity contribution is 1.15. The molecule has 1 aliphatic heterocycles. The van der Waals surface area contributed by atoms with Gasteiger partial charge in [0.2, 0.25) is 9.54 Å². The number of amidine groups is 1. The van der Waals surface area contributed by atoms with E-state index < -0.39 is 0 Å². The summed E-state index contributed by atoms with van der Waals surface area (Å²) in [5, 5.41) is 4.26. The van der Waals surface area contributed by atoms with E-state index in [-0.39, 0.29) is 48.2 Å². The van der Waals surface area contributed by atoms with Gasteiger partial charge in [-0.2, -0.15) is 56.9 Å². The molecule has 0 amide bonds. The van der Waals surface area contributed by atoms with Crippen molar-refractivity contribution in [3.05, 3.63) is 23.1 Å². The monoisotopic (exact) mass is 516 g/mol. The molecule has 3 N–H and O–H groups in total. The summed E-state index contributed by atoms with van der Waals surface area (Å²) in [5.41, 5.74) is 7.40. The summed E-state index contributed by atoms with van der Waals surface area (Å²) in [7, 11) is 0. The molecular weight excluding hydrogens is 480 g/mol. The van der Waals surface area contributed by atoms with Crippen molar-refractivity contribution in [3.8, 4) is 0 Å². The molecule has 0 radical (unpaired) electrons. The second kappa shape index (κ2) is 50.3. The first-order chi connectivity index (χ1) is 10.7. The van der Waals surface area contributed by atoms with Crippen LogP contribution in [0.25, 0.3) is 9.91 Å². The lowest BCUT2D eigenvalue weighted by Gasteiger charge is -1.84. The number of nitrogens with zero attached hydrogens (tertiary/aromatic N) is 4. The molecule has 0 fully saturated rings. The third-order valence-corrected chi connectivity index (χ3v) is 4.35. The number of aliphatic imine (C=N–C) groups is 1. The minimum Gasteiger partial charge on any atom is -0.330 e. The van der Waals surface area contributed by atoms with Crippen molar-refractivity contribution >= 4 is 96.0 Å². The maximum absolute atomic E-state index is 6.39. The fourth-order valence-electron chi connectivity index (χ4n) is 0.656. The Bertz CT molecular complexity index is 377.